The van der Waals surface area contributed by atoms with Gasteiger partial charge < -0.3 is 0 Å². The third-order valence-corrected chi connectivity index (χ3v) is 14.0. The van der Waals surface area contributed by atoms with Crippen molar-refractivity contribution in [3.63, 3.8) is 0 Å². The van der Waals surface area contributed by atoms with Crippen molar-refractivity contribution in [3.8, 4) is 0 Å². The Labute approximate surface area is 119 Å². The number of hydrogen-bond donors (Lipinski definition) is 0. The molecule has 4 nitrogen and oxygen atoms in total. The van der Waals surface area contributed by atoms with Gasteiger partial charge in [-0.15, -0.1) is 0 Å². The van der Waals surface area contributed by atoms with Gasteiger partial charge in [-0.1, -0.05) is 0 Å². The molecule has 0 spiro atoms. The molecule has 0 bridgehead atoms. The maximum atomic E-state index is 6.45. The van der Waals surface area contributed by atoms with Crippen LogP contribution >= 0.6 is 0 Å². The van der Waals surface area contributed by atoms with E-state index in [9.17, 15) is 0 Å². The standard InChI is InChI=1S/C6H15OSi.3C2H5O.Ti/c1-4-8(7,5-2)6-3;3*1-2-3;/h4-6H2,1-3H3;3*2H2,1H3;/q4*-1;+4. The van der Waals surface area contributed by atoms with Crippen LogP contribution in [0.2, 0.25) is 18.1 Å². The molecule has 0 atom stereocenters. The van der Waals surface area contributed by atoms with Crippen molar-refractivity contribution in [1.29, 1.82) is 0 Å². The SMILES string of the molecule is CC[O][Ti]([O]CC)([O]CC)[O][Si](CC)(CC)CC. The van der Waals surface area contributed by atoms with E-state index in [4.69, 9.17) is 13.0 Å². The third kappa shape index (κ3) is 5.41. The van der Waals surface area contributed by atoms with Crippen LogP contribution in [0.3, 0.4) is 0 Å². The van der Waals surface area contributed by atoms with E-state index in [1.54, 1.807) is 0 Å². The molecule has 0 aliphatic rings. The van der Waals surface area contributed by atoms with Crippen molar-refractivity contribution in [2.24, 2.45) is 0 Å². The Morgan fingerprint density at radius 1 is 0.667 bits per heavy atom. The molecular weight excluding hydrogens is 284 g/mol. The van der Waals surface area contributed by atoms with Gasteiger partial charge in [0.15, 0.2) is 0 Å². The molecule has 0 rings (SSSR count). The van der Waals surface area contributed by atoms with Crippen molar-refractivity contribution in [2.45, 2.75) is 59.7 Å². The van der Waals surface area contributed by atoms with Crippen LogP contribution in [-0.4, -0.2) is 28.1 Å². The molecule has 110 valence electrons. The van der Waals surface area contributed by atoms with Crippen molar-refractivity contribution in [1.82, 2.24) is 0 Å². The molecule has 0 saturated heterocycles. The van der Waals surface area contributed by atoms with Crippen LogP contribution in [0, 0.1) is 0 Å². The van der Waals surface area contributed by atoms with Gasteiger partial charge in [0.05, 0.1) is 0 Å². The van der Waals surface area contributed by atoms with Gasteiger partial charge in [0.2, 0.25) is 0 Å². The van der Waals surface area contributed by atoms with Gasteiger partial charge in [0.25, 0.3) is 0 Å². The summed E-state index contributed by atoms with van der Waals surface area (Å²) in [5.74, 6) is 0. The molecule has 0 heterocycles. The molecule has 0 fully saturated rings. The molecule has 0 unspecified atom stereocenters. The average Bonchev–Trinajstić information content (AvgIpc) is 2.37. The predicted molar refractivity (Wildman–Crippen MR) is 73.2 cm³/mol. The summed E-state index contributed by atoms with van der Waals surface area (Å²) in [7, 11) is -1.76. The van der Waals surface area contributed by atoms with Gasteiger partial charge in [-0.25, -0.2) is 0 Å². The fourth-order valence-electron chi connectivity index (χ4n) is 1.98. The first-order chi connectivity index (χ1) is 8.57. The van der Waals surface area contributed by atoms with E-state index in [0.29, 0.717) is 19.8 Å². The number of hydrogen-bond acceptors (Lipinski definition) is 4. The van der Waals surface area contributed by atoms with Crippen molar-refractivity contribution in [2.75, 3.05) is 19.8 Å². The minimum atomic E-state index is -3.50. The van der Waals surface area contributed by atoms with Crippen molar-refractivity contribution in [3.05, 3.63) is 0 Å². The second-order valence-electron chi connectivity index (χ2n) is 4.14. The van der Waals surface area contributed by atoms with Crippen LogP contribution < -0.4 is 0 Å². The van der Waals surface area contributed by atoms with Crippen molar-refractivity contribution < 1.29 is 31.1 Å². The topological polar surface area (TPSA) is 36.9 Å². The zero-order chi connectivity index (χ0) is 14.1. The molecule has 6 heteroatoms. The van der Waals surface area contributed by atoms with Gasteiger partial charge in [-0.05, 0) is 0 Å². The molecule has 0 aromatic rings. The van der Waals surface area contributed by atoms with E-state index in [-0.39, 0.29) is 0 Å². The fraction of sp³-hybridized carbons (Fsp3) is 1.00. The van der Waals surface area contributed by atoms with Gasteiger partial charge >= 0.3 is 119 Å². The molecule has 0 N–H and O–H groups in total. The monoisotopic (exact) mass is 314 g/mol. The summed E-state index contributed by atoms with van der Waals surface area (Å²) in [6.07, 6.45) is 0. The van der Waals surface area contributed by atoms with Crippen LogP contribution in [0.25, 0.3) is 0 Å². The van der Waals surface area contributed by atoms with E-state index in [2.05, 4.69) is 20.8 Å². The van der Waals surface area contributed by atoms with Crippen LogP contribution in [-0.2, 0) is 31.1 Å². The molecule has 18 heavy (non-hydrogen) atoms. The van der Waals surface area contributed by atoms with E-state index >= 15 is 0 Å². The Morgan fingerprint density at radius 2 is 1.00 bits per heavy atom. The minimum absolute atomic E-state index is 0.585. The molecule has 0 amide bonds. The predicted octanol–water partition coefficient (Wildman–Crippen LogP) is 3.93. The summed E-state index contributed by atoms with van der Waals surface area (Å²) < 4.78 is 23.9. The third-order valence-electron chi connectivity index (χ3n) is 3.24. The zero-order valence-electron chi connectivity index (χ0n) is 12.9. The van der Waals surface area contributed by atoms with Crippen LogP contribution in [0.4, 0.5) is 0 Å². The molecular formula is C12H30O4SiTi. The summed E-state index contributed by atoms with van der Waals surface area (Å²) in [4.78, 5) is 0. The molecule has 0 aliphatic heterocycles. The molecule has 0 radical (unpaired) electrons. The average molecular weight is 314 g/mol. The molecule has 0 aromatic heterocycles. The Kier molecular flexibility index (Phi) is 10.1. The molecule has 0 saturated carbocycles. The fourth-order valence-corrected chi connectivity index (χ4v) is 12.0. The van der Waals surface area contributed by atoms with E-state index in [0.717, 1.165) is 18.1 Å². The summed E-state index contributed by atoms with van der Waals surface area (Å²) in [6, 6.07) is 3.25. The summed E-state index contributed by atoms with van der Waals surface area (Å²) in [5, 5.41) is 0. The first-order valence-corrected chi connectivity index (χ1v) is 12.3. The van der Waals surface area contributed by atoms with E-state index in [1.165, 1.54) is 0 Å². The zero-order valence-corrected chi connectivity index (χ0v) is 15.4. The first kappa shape index (κ1) is 18.8. The maximum absolute atomic E-state index is 6.45. The van der Waals surface area contributed by atoms with Crippen molar-refractivity contribution >= 4 is 8.32 Å². The summed E-state index contributed by atoms with van der Waals surface area (Å²) in [6.45, 7) is 14.3. The first-order valence-electron chi connectivity index (χ1n) is 7.19. The van der Waals surface area contributed by atoms with Crippen LogP contribution in [0.1, 0.15) is 41.5 Å². The Morgan fingerprint density at radius 3 is 1.22 bits per heavy atom. The van der Waals surface area contributed by atoms with E-state index in [1.807, 2.05) is 20.8 Å². The summed E-state index contributed by atoms with van der Waals surface area (Å²) >= 11 is -3.50. The van der Waals surface area contributed by atoms with E-state index < -0.39 is 26.5 Å². The van der Waals surface area contributed by atoms with Gasteiger partial charge in [-0.2, -0.15) is 0 Å². The Balaban J connectivity index is 5.02. The Bertz CT molecular complexity index is 187. The van der Waals surface area contributed by atoms with Crippen LogP contribution in [0.5, 0.6) is 0 Å². The second kappa shape index (κ2) is 9.64. The van der Waals surface area contributed by atoms with Gasteiger partial charge in [0.1, 0.15) is 0 Å². The van der Waals surface area contributed by atoms with Gasteiger partial charge in [0, 0.05) is 0 Å². The molecule has 0 aromatic carbocycles. The second-order valence-corrected chi connectivity index (χ2v) is 12.7. The van der Waals surface area contributed by atoms with Gasteiger partial charge in [-0.3, -0.25) is 0 Å². The summed E-state index contributed by atoms with van der Waals surface area (Å²) in [5.41, 5.74) is 0. The normalized spacial score (nSPS) is 13.0. The Hall–Kier alpha value is 0.771. The quantitative estimate of drug-likeness (QED) is 0.541. The van der Waals surface area contributed by atoms with Crippen LogP contribution in [0.15, 0.2) is 0 Å². The molecule has 0 aliphatic carbocycles. The number of rotatable bonds is 11.